The lowest BCUT2D eigenvalue weighted by molar-refractivity contribution is -0.384. The van der Waals surface area contributed by atoms with Crippen LogP contribution in [0.4, 0.5) is 5.69 Å². The molecule has 1 aromatic heterocycles. The van der Waals surface area contributed by atoms with E-state index in [4.69, 9.17) is 32.5 Å². The molecule has 0 aliphatic heterocycles. The predicted molar refractivity (Wildman–Crippen MR) is 87.2 cm³/mol. The molecule has 0 N–H and O–H groups in total. The van der Waals surface area contributed by atoms with E-state index >= 15 is 0 Å². The maximum absolute atomic E-state index is 10.8. The monoisotopic (exact) mass is 365 g/mol. The van der Waals surface area contributed by atoms with Crippen LogP contribution in [0.15, 0.2) is 47.0 Å². The van der Waals surface area contributed by atoms with Crippen molar-refractivity contribution >= 4 is 28.9 Å². The van der Waals surface area contributed by atoms with Gasteiger partial charge in [-0.15, -0.1) is 0 Å². The second-order valence-electron chi connectivity index (χ2n) is 4.68. The van der Waals surface area contributed by atoms with E-state index in [-0.39, 0.29) is 24.0 Å². The van der Waals surface area contributed by atoms with Gasteiger partial charge in [-0.2, -0.15) is 4.98 Å². The number of aromatic nitrogens is 2. The fourth-order valence-electron chi connectivity index (χ4n) is 1.92. The summed E-state index contributed by atoms with van der Waals surface area (Å²) in [5.74, 6) is 0.873. The van der Waals surface area contributed by atoms with E-state index in [0.717, 1.165) is 0 Å². The van der Waals surface area contributed by atoms with Crippen molar-refractivity contribution in [2.24, 2.45) is 0 Å². The summed E-state index contributed by atoms with van der Waals surface area (Å²) in [5, 5.41) is 15.5. The van der Waals surface area contributed by atoms with Crippen LogP contribution in [0, 0.1) is 10.1 Å². The number of nitro groups is 1. The van der Waals surface area contributed by atoms with Crippen molar-refractivity contribution in [3.05, 3.63) is 68.5 Å². The Hall–Kier alpha value is -2.64. The fourth-order valence-corrected chi connectivity index (χ4v) is 2.38. The zero-order valence-corrected chi connectivity index (χ0v) is 13.5. The summed E-state index contributed by atoms with van der Waals surface area (Å²) in [6.45, 7) is 0.00325. The normalized spacial score (nSPS) is 10.6. The van der Waals surface area contributed by atoms with Gasteiger partial charge < -0.3 is 9.26 Å². The molecule has 24 heavy (non-hydrogen) atoms. The number of rotatable bonds is 5. The number of halogens is 2. The van der Waals surface area contributed by atoms with Crippen LogP contribution in [0.3, 0.4) is 0 Å². The molecule has 9 heteroatoms. The van der Waals surface area contributed by atoms with E-state index < -0.39 is 4.92 Å². The van der Waals surface area contributed by atoms with Crippen molar-refractivity contribution in [2.45, 2.75) is 6.61 Å². The molecule has 0 radical (unpaired) electrons. The van der Waals surface area contributed by atoms with Crippen LogP contribution >= 0.6 is 23.2 Å². The van der Waals surface area contributed by atoms with Crippen LogP contribution in [0.1, 0.15) is 5.89 Å². The molecule has 0 saturated carbocycles. The zero-order chi connectivity index (χ0) is 17.1. The summed E-state index contributed by atoms with van der Waals surface area (Å²) in [5.41, 5.74) is 0.423. The highest BCUT2D eigenvalue weighted by atomic mass is 35.5. The Bertz CT molecular complexity index is 898. The molecule has 0 bridgehead atoms. The number of nitrogens with zero attached hydrogens (tertiary/aromatic N) is 3. The molecule has 122 valence electrons. The van der Waals surface area contributed by atoms with E-state index in [0.29, 0.717) is 21.4 Å². The van der Waals surface area contributed by atoms with Gasteiger partial charge in [0.15, 0.2) is 6.61 Å². The van der Waals surface area contributed by atoms with Gasteiger partial charge >= 0.3 is 0 Å². The lowest BCUT2D eigenvalue weighted by atomic mass is 10.2. The average Bonchev–Trinajstić information content (AvgIpc) is 3.03. The second kappa shape index (κ2) is 6.86. The SMILES string of the molecule is O=[N+]([O-])c1cccc(-c2noc(COc3ccc(Cl)cc3Cl)n2)c1. The molecule has 3 aromatic rings. The number of nitro benzene ring substituents is 1. The van der Waals surface area contributed by atoms with Crippen LogP contribution in [-0.2, 0) is 6.61 Å². The van der Waals surface area contributed by atoms with Crippen molar-refractivity contribution in [1.29, 1.82) is 0 Å². The smallest absolute Gasteiger partial charge is 0.270 e. The third-order valence-electron chi connectivity index (χ3n) is 3.03. The molecule has 7 nitrogen and oxygen atoms in total. The number of non-ortho nitro benzene ring substituents is 1. The van der Waals surface area contributed by atoms with Gasteiger partial charge in [0.25, 0.3) is 11.6 Å². The van der Waals surface area contributed by atoms with Gasteiger partial charge in [-0.05, 0) is 18.2 Å². The first-order chi connectivity index (χ1) is 11.5. The highest BCUT2D eigenvalue weighted by Gasteiger charge is 2.13. The van der Waals surface area contributed by atoms with E-state index in [9.17, 15) is 10.1 Å². The third-order valence-corrected chi connectivity index (χ3v) is 3.56. The summed E-state index contributed by atoms with van der Waals surface area (Å²) in [6, 6.07) is 10.8. The van der Waals surface area contributed by atoms with Gasteiger partial charge in [-0.3, -0.25) is 10.1 Å². The first kappa shape index (κ1) is 16.2. The fraction of sp³-hybridized carbons (Fsp3) is 0.0667. The summed E-state index contributed by atoms with van der Waals surface area (Å²) in [4.78, 5) is 14.5. The van der Waals surface area contributed by atoms with Gasteiger partial charge in [-0.25, -0.2) is 0 Å². The highest BCUT2D eigenvalue weighted by molar-refractivity contribution is 6.35. The van der Waals surface area contributed by atoms with E-state index in [2.05, 4.69) is 10.1 Å². The van der Waals surface area contributed by atoms with Crippen molar-refractivity contribution in [3.63, 3.8) is 0 Å². The Morgan fingerprint density at radius 2 is 2.04 bits per heavy atom. The predicted octanol–water partition coefficient (Wildman–Crippen LogP) is 4.53. The molecule has 0 fully saturated rings. The maximum atomic E-state index is 10.8. The maximum Gasteiger partial charge on any atom is 0.270 e. The minimum absolute atomic E-state index is 0.00325. The minimum atomic E-state index is -0.490. The first-order valence-corrected chi connectivity index (χ1v) is 7.44. The lowest BCUT2D eigenvalue weighted by Gasteiger charge is -2.05. The number of benzene rings is 2. The molecule has 0 amide bonds. The molecule has 0 aliphatic rings. The van der Waals surface area contributed by atoms with Gasteiger partial charge in [0.1, 0.15) is 5.75 Å². The summed E-state index contributed by atoms with van der Waals surface area (Å²) < 4.78 is 10.6. The van der Waals surface area contributed by atoms with E-state index in [1.54, 1.807) is 30.3 Å². The molecule has 0 saturated heterocycles. The first-order valence-electron chi connectivity index (χ1n) is 6.68. The zero-order valence-electron chi connectivity index (χ0n) is 12.0. The van der Waals surface area contributed by atoms with Gasteiger partial charge in [0, 0.05) is 22.7 Å². The van der Waals surface area contributed by atoms with Gasteiger partial charge in [-0.1, -0.05) is 40.5 Å². The molecule has 0 spiro atoms. The lowest BCUT2D eigenvalue weighted by Crippen LogP contribution is -1.96. The quantitative estimate of drug-likeness (QED) is 0.487. The molecule has 0 aliphatic carbocycles. The van der Waals surface area contributed by atoms with Gasteiger partial charge in [0.05, 0.1) is 9.95 Å². The van der Waals surface area contributed by atoms with Crippen LogP contribution in [0.5, 0.6) is 5.75 Å². The minimum Gasteiger partial charge on any atom is -0.482 e. The largest absolute Gasteiger partial charge is 0.482 e. The Morgan fingerprint density at radius 1 is 1.21 bits per heavy atom. The average molecular weight is 366 g/mol. The summed E-state index contributed by atoms with van der Waals surface area (Å²) >= 11 is 11.8. The van der Waals surface area contributed by atoms with Crippen LogP contribution < -0.4 is 4.74 Å². The Morgan fingerprint density at radius 3 is 2.79 bits per heavy atom. The third kappa shape index (κ3) is 3.64. The van der Waals surface area contributed by atoms with E-state index in [1.807, 2.05) is 0 Å². The molecular weight excluding hydrogens is 357 g/mol. The van der Waals surface area contributed by atoms with Crippen LogP contribution in [0.2, 0.25) is 10.0 Å². The molecule has 0 atom stereocenters. The van der Waals surface area contributed by atoms with Crippen LogP contribution in [0.25, 0.3) is 11.4 Å². The van der Waals surface area contributed by atoms with Crippen molar-refractivity contribution < 1.29 is 14.2 Å². The number of ether oxygens (including phenoxy) is 1. The number of hydrogen-bond donors (Lipinski definition) is 0. The molecule has 3 rings (SSSR count). The van der Waals surface area contributed by atoms with Crippen molar-refractivity contribution in [2.75, 3.05) is 0 Å². The molecular formula is C15H9Cl2N3O4. The highest BCUT2D eigenvalue weighted by Crippen LogP contribution is 2.28. The Kier molecular flexibility index (Phi) is 4.64. The topological polar surface area (TPSA) is 91.3 Å². The van der Waals surface area contributed by atoms with Crippen LogP contribution in [-0.4, -0.2) is 15.1 Å². The van der Waals surface area contributed by atoms with Crippen molar-refractivity contribution in [3.8, 4) is 17.1 Å². The Balaban J connectivity index is 1.74. The van der Waals surface area contributed by atoms with Crippen molar-refractivity contribution in [1.82, 2.24) is 10.1 Å². The van der Waals surface area contributed by atoms with Gasteiger partial charge in [0.2, 0.25) is 5.82 Å². The molecule has 1 heterocycles. The Labute approximate surface area is 145 Å². The summed E-state index contributed by atoms with van der Waals surface area (Å²) in [7, 11) is 0. The summed E-state index contributed by atoms with van der Waals surface area (Å²) in [6.07, 6.45) is 0. The molecule has 2 aromatic carbocycles. The second-order valence-corrected chi connectivity index (χ2v) is 5.53. The standard InChI is InChI=1S/C15H9Cl2N3O4/c16-10-4-5-13(12(17)7-10)23-8-14-18-15(19-24-14)9-2-1-3-11(6-9)20(21)22/h1-7H,8H2. The van der Waals surface area contributed by atoms with E-state index in [1.165, 1.54) is 12.1 Å². The number of hydrogen-bond acceptors (Lipinski definition) is 6. The molecule has 0 unspecified atom stereocenters.